The van der Waals surface area contributed by atoms with E-state index >= 15 is 0 Å². The predicted molar refractivity (Wildman–Crippen MR) is 81.1 cm³/mol. The highest BCUT2D eigenvalue weighted by Gasteiger charge is 2.25. The van der Waals surface area contributed by atoms with Crippen LogP contribution in [-0.4, -0.2) is 29.4 Å². The van der Waals surface area contributed by atoms with Crippen molar-refractivity contribution in [3.8, 4) is 0 Å². The van der Waals surface area contributed by atoms with E-state index in [1.54, 1.807) is 6.92 Å². The summed E-state index contributed by atoms with van der Waals surface area (Å²) in [5, 5.41) is 0. The molecule has 0 spiro atoms. The highest BCUT2D eigenvalue weighted by Crippen LogP contribution is 2.19. The smallest absolute Gasteiger partial charge is 0.237 e. The minimum atomic E-state index is -0.885. The molecule has 1 amide bonds. The van der Waals surface area contributed by atoms with Gasteiger partial charge in [-0.25, -0.2) is 0 Å². The number of carbonyl (C=O) groups excluding carboxylic acids is 1. The third kappa shape index (κ3) is 3.81. The van der Waals surface area contributed by atoms with Crippen molar-refractivity contribution in [1.82, 2.24) is 4.90 Å². The number of amides is 1. The van der Waals surface area contributed by atoms with Crippen molar-refractivity contribution < 1.29 is 4.79 Å². The number of rotatable bonds is 5. The molecule has 0 bridgehead atoms. The molecule has 1 aliphatic heterocycles. The van der Waals surface area contributed by atoms with E-state index in [-0.39, 0.29) is 0 Å². The summed E-state index contributed by atoms with van der Waals surface area (Å²) in [6, 6.07) is 8.65. The predicted octanol–water partition coefficient (Wildman–Crippen LogP) is 1.42. The number of benzene rings is 1. The summed E-state index contributed by atoms with van der Waals surface area (Å²) >= 11 is 0. The molecule has 1 aliphatic rings. The van der Waals surface area contributed by atoms with Crippen LogP contribution in [0.2, 0.25) is 0 Å². The number of hydrogen-bond acceptors (Lipinski definition) is 3. The van der Waals surface area contributed by atoms with Crippen LogP contribution in [0.3, 0.4) is 0 Å². The monoisotopic (exact) mass is 275 g/mol. The Morgan fingerprint density at radius 1 is 1.35 bits per heavy atom. The second kappa shape index (κ2) is 6.37. The molecule has 4 heteroatoms. The summed E-state index contributed by atoms with van der Waals surface area (Å²) in [6.07, 6.45) is 3.88. The summed E-state index contributed by atoms with van der Waals surface area (Å²) in [4.78, 5) is 13.7. The fourth-order valence-electron chi connectivity index (χ4n) is 2.75. The lowest BCUT2D eigenvalue weighted by Crippen LogP contribution is -2.49. The quantitative estimate of drug-likeness (QED) is 0.853. The highest BCUT2D eigenvalue weighted by molar-refractivity contribution is 5.83. The van der Waals surface area contributed by atoms with Gasteiger partial charge in [-0.05, 0) is 56.8 Å². The molecule has 1 heterocycles. The third-order valence-corrected chi connectivity index (χ3v) is 4.17. The van der Waals surface area contributed by atoms with Crippen molar-refractivity contribution in [1.29, 1.82) is 0 Å². The number of fused-ring (bicyclic) bond motifs is 1. The molecule has 1 atom stereocenters. The first kappa shape index (κ1) is 15.0. The fourth-order valence-corrected chi connectivity index (χ4v) is 2.75. The number of carbonyl (C=O) groups is 1. The van der Waals surface area contributed by atoms with Gasteiger partial charge in [0, 0.05) is 6.54 Å². The van der Waals surface area contributed by atoms with E-state index in [2.05, 4.69) is 29.2 Å². The van der Waals surface area contributed by atoms with Gasteiger partial charge in [0.15, 0.2) is 0 Å². The minimum absolute atomic E-state index is 0.418. The Bertz CT molecular complexity index is 471. The van der Waals surface area contributed by atoms with E-state index in [0.717, 1.165) is 32.5 Å². The fraction of sp³-hybridized carbons (Fsp3) is 0.562. The van der Waals surface area contributed by atoms with Crippen LogP contribution in [-0.2, 0) is 17.8 Å². The van der Waals surface area contributed by atoms with Crippen LogP contribution in [0.25, 0.3) is 0 Å². The molecule has 1 unspecified atom stereocenters. The second-order valence-corrected chi connectivity index (χ2v) is 6.03. The first-order valence-electron chi connectivity index (χ1n) is 7.37. The Kier molecular flexibility index (Phi) is 4.78. The molecule has 2 rings (SSSR count). The normalized spacial score (nSPS) is 18.9. The summed E-state index contributed by atoms with van der Waals surface area (Å²) in [7, 11) is 0. The van der Waals surface area contributed by atoms with Crippen LogP contribution in [0.4, 0.5) is 0 Å². The summed E-state index contributed by atoms with van der Waals surface area (Å²) in [6.45, 7) is 4.78. The largest absolute Gasteiger partial charge is 0.368 e. The van der Waals surface area contributed by atoms with E-state index in [1.807, 2.05) is 0 Å². The maximum atomic E-state index is 11.2. The molecule has 4 N–H and O–H groups in total. The molecule has 0 saturated carbocycles. The number of hydrogen-bond donors (Lipinski definition) is 2. The Morgan fingerprint density at radius 3 is 2.75 bits per heavy atom. The first-order valence-corrected chi connectivity index (χ1v) is 7.37. The molecule has 0 saturated heterocycles. The molecule has 110 valence electrons. The molecular formula is C16H25N3O. The lowest BCUT2D eigenvalue weighted by molar-refractivity contribution is -0.122. The lowest BCUT2D eigenvalue weighted by atomic mass is 9.96. The number of nitrogens with zero attached hydrogens (tertiary/aromatic N) is 1. The molecule has 0 radical (unpaired) electrons. The Labute approximate surface area is 121 Å². The van der Waals surface area contributed by atoms with Gasteiger partial charge in [-0.3, -0.25) is 9.69 Å². The average molecular weight is 275 g/mol. The average Bonchev–Trinajstić information content (AvgIpc) is 2.60. The van der Waals surface area contributed by atoms with Crippen molar-refractivity contribution >= 4 is 5.91 Å². The Hall–Kier alpha value is -1.39. The zero-order chi connectivity index (χ0) is 14.6. The third-order valence-electron chi connectivity index (χ3n) is 4.17. The topological polar surface area (TPSA) is 72.3 Å². The molecule has 20 heavy (non-hydrogen) atoms. The maximum absolute atomic E-state index is 11.2. The van der Waals surface area contributed by atoms with Crippen molar-refractivity contribution in [2.24, 2.45) is 11.5 Å². The SMILES string of the molecule is CC(N)(CCCN1CCCc2ccccc2C1)C(N)=O. The van der Waals surface area contributed by atoms with Gasteiger partial charge < -0.3 is 11.5 Å². The first-order chi connectivity index (χ1) is 9.49. The van der Waals surface area contributed by atoms with E-state index in [0.29, 0.717) is 6.42 Å². The van der Waals surface area contributed by atoms with Crippen LogP contribution in [0.1, 0.15) is 37.3 Å². The van der Waals surface area contributed by atoms with Crippen LogP contribution >= 0.6 is 0 Å². The van der Waals surface area contributed by atoms with Gasteiger partial charge in [-0.1, -0.05) is 24.3 Å². The number of primary amides is 1. The molecule has 0 aliphatic carbocycles. The lowest BCUT2D eigenvalue weighted by Gasteiger charge is -2.24. The standard InChI is InChI=1S/C16H25N3O/c1-16(18,15(17)20)9-5-11-19-10-4-8-13-6-2-3-7-14(13)12-19/h2-3,6-7H,4-5,8-12,18H2,1H3,(H2,17,20). The van der Waals surface area contributed by atoms with Gasteiger partial charge >= 0.3 is 0 Å². The van der Waals surface area contributed by atoms with Crippen LogP contribution < -0.4 is 11.5 Å². The van der Waals surface area contributed by atoms with Crippen LogP contribution in [0.5, 0.6) is 0 Å². The van der Waals surface area contributed by atoms with Crippen LogP contribution in [0.15, 0.2) is 24.3 Å². The van der Waals surface area contributed by atoms with E-state index in [1.165, 1.54) is 17.5 Å². The van der Waals surface area contributed by atoms with Crippen molar-refractivity contribution in [3.63, 3.8) is 0 Å². The van der Waals surface area contributed by atoms with E-state index in [4.69, 9.17) is 11.5 Å². The molecule has 0 fully saturated rings. The van der Waals surface area contributed by atoms with E-state index in [9.17, 15) is 4.79 Å². The Morgan fingerprint density at radius 2 is 2.05 bits per heavy atom. The van der Waals surface area contributed by atoms with Crippen molar-refractivity contribution in [2.45, 2.75) is 44.7 Å². The summed E-state index contributed by atoms with van der Waals surface area (Å²) in [5.41, 5.74) is 13.2. The summed E-state index contributed by atoms with van der Waals surface area (Å²) in [5.74, 6) is -0.418. The molecule has 4 nitrogen and oxygen atoms in total. The number of aryl methyl sites for hydroxylation is 1. The molecule has 1 aromatic carbocycles. The van der Waals surface area contributed by atoms with Crippen molar-refractivity contribution in [3.05, 3.63) is 35.4 Å². The van der Waals surface area contributed by atoms with E-state index < -0.39 is 11.4 Å². The second-order valence-electron chi connectivity index (χ2n) is 6.03. The highest BCUT2D eigenvalue weighted by atomic mass is 16.1. The van der Waals surface area contributed by atoms with Gasteiger partial charge in [0.05, 0.1) is 5.54 Å². The van der Waals surface area contributed by atoms with Crippen molar-refractivity contribution in [2.75, 3.05) is 13.1 Å². The zero-order valence-electron chi connectivity index (χ0n) is 12.3. The zero-order valence-corrected chi connectivity index (χ0v) is 12.3. The van der Waals surface area contributed by atoms with Gasteiger partial charge in [-0.2, -0.15) is 0 Å². The van der Waals surface area contributed by atoms with Gasteiger partial charge in [-0.15, -0.1) is 0 Å². The molecule has 0 aromatic heterocycles. The minimum Gasteiger partial charge on any atom is -0.368 e. The van der Waals surface area contributed by atoms with Gasteiger partial charge in [0.25, 0.3) is 0 Å². The molecular weight excluding hydrogens is 250 g/mol. The number of nitrogens with two attached hydrogens (primary N) is 2. The maximum Gasteiger partial charge on any atom is 0.237 e. The van der Waals surface area contributed by atoms with Gasteiger partial charge in [0.2, 0.25) is 5.91 Å². The molecule has 1 aromatic rings. The van der Waals surface area contributed by atoms with Gasteiger partial charge in [0.1, 0.15) is 0 Å². The summed E-state index contributed by atoms with van der Waals surface area (Å²) < 4.78 is 0. The van der Waals surface area contributed by atoms with Crippen LogP contribution in [0, 0.1) is 0 Å². The Balaban J connectivity index is 1.87.